The molecule has 0 amide bonds. The molecular weight excluding hydrogens is 280 g/mol. The Balaban J connectivity index is 2.51. The highest BCUT2D eigenvalue weighted by molar-refractivity contribution is 6.02. The second kappa shape index (κ2) is 3.94. The van der Waals surface area contributed by atoms with Crippen molar-refractivity contribution in [3.63, 3.8) is 0 Å². The van der Waals surface area contributed by atoms with E-state index in [0.717, 1.165) is 5.56 Å². The normalized spacial score (nSPS) is 20.2. The maximum atomic E-state index is 12.1. The lowest BCUT2D eigenvalue weighted by atomic mass is 9.77. The molecule has 22 heavy (non-hydrogen) atoms. The zero-order valence-corrected chi connectivity index (χ0v) is 13.6. The van der Waals surface area contributed by atoms with Gasteiger partial charge in [-0.05, 0) is 34.6 Å². The number of hydrogen-bond acceptors (Lipinski definition) is 4. The number of allylic oxidation sites excluding steroid dienone is 2. The number of rotatable bonds is 1. The summed E-state index contributed by atoms with van der Waals surface area (Å²) in [6, 6.07) is 0. The van der Waals surface area contributed by atoms with Crippen LogP contribution in [0.4, 0.5) is 0 Å². The minimum atomic E-state index is -0.585. The number of carbonyl (C=O) groups is 1. The van der Waals surface area contributed by atoms with Gasteiger partial charge in [-0.15, -0.1) is 0 Å². The Morgan fingerprint density at radius 3 is 1.91 bits per heavy atom. The molecule has 0 fully saturated rings. The van der Waals surface area contributed by atoms with E-state index in [1.807, 2.05) is 27.7 Å². The molecule has 0 aromatic heterocycles. The van der Waals surface area contributed by atoms with Crippen LogP contribution in [0, 0.1) is 0 Å². The molecule has 0 saturated carbocycles. The fourth-order valence-electron chi connectivity index (χ4n) is 3.15. The first-order chi connectivity index (χ1) is 10.0. The minimum Gasteiger partial charge on any atom is -0.507 e. The lowest BCUT2D eigenvalue weighted by Gasteiger charge is -2.21. The third-order valence-corrected chi connectivity index (χ3v) is 4.83. The van der Waals surface area contributed by atoms with E-state index in [0.29, 0.717) is 28.6 Å². The average Bonchev–Trinajstić information content (AvgIpc) is 2.72. The van der Waals surface area contributed by atoms with Gasteiger partial charge in [0.15, 0.2) is 5.78 Å². The standard InChI is InChI=1S/C18H20O4/c1-8(19)11-14(20)12-16(22-9(2)17(12,4)5)13-15(11)21-10(3)18(13,6)7/h20H,2-3H2,1,4-7H3. The van der Waals surface area contributed by atoms with Crippen LogP contribution in [-0.4, -0.2) is 10.9 Å². The van der Waals surface area contributed by atoms with Gasteiger partial charge in [0.2, 0.25) is 0 Å². The second-order valence-electron chi connectivity index (χ2n) is 6.99. The van der Waals surface area contributed by atoms with E-state index in [1.165, 1.54) is 6.92 Å². The van der Waals surface area contributed by atoms with E-state index in [-0.39, 0.29) is 17.1 Å². The molecule has 116 valence electrons. The van der Waals surface area contributed by atoms with E-state index in [4.69, 9.17) is 9.47 Å². The summed E-state index contributed by atoms with van der Waals surface area (Å²) in [6.45, 7) is 17.0. The fraction of sp³-hybridized carbons (Fsp3) is 0.389. The molecule has 0 bridgehead atoms. The molecule has 2 aliphatic heterocycles. The largest absolute Gasteiger partial charge is 0.507 e. The molecule has 0 saturated heterocycles. The predicted molar refractivity (Wildman–Crippen MR) is 83.7 cm³/mol. The Labute approximate surface area is 130 Å². The van der Waals surface area contributed by atoms with Gasteiger partial charge in [0.1, 0.15) is 34.3 Å². The molecule has 1 aromatic rings. The van der Waals surface area contributed by atoms with E-state index < -0.39 is 10.8 Å². The minimum absolute atomic E-state index is 0.0876. The van der Waals surface area contributed by atoms with Crippen molar-refractivity contribution in [3.05, 3.63) is 41.4 Å². The van der Waals surface area contributed by atoms with E-state index in [9.17, 15) is 9.90 Å². The summed E-state index contributed by atoms with van der Waals surface area (Å²) in [5, 5.41) is 10.7. The maximum absolute atomic E-state index is 12.1. The van der Waals surface area contributed by atoms with Gasteiger partial charge in [-0.3, -0.25) is 4.79 Å². The van der Waals surface area contributed by atoms with Gasteiger partial charge in [0, 0.05) is 0 Å². The average molecular weight is 300 g/mol. The van der Waals surface area contributed by atoms with Crippen LogP contribution in [0.2, 0.25) is 0 Å². The molecular formula is C18H20O4. The van der Waals surface area contributed by atoms with Gasteiger partial charge in [-0.25, -0.2) is 0 Å². The van der Waals surface area contributed by atoms with Crippen molar-refractivity contribution in [2.24, 2.45) is 0 Å². The SMILES string of the molecule is C=C1Oc2c(c(O)c(C(C)=O)c3c2C(C)(C)C(=C)O3)C1(C)C. The molecule has 0 unspecified atom stereocenters. The summed E-state index contributed by atoms with van der Waals surface area (Å²) in [5.74, 6) is 1.61. The van der Waals surface area contributed by atoms with Crippen molar-refractivity contribution in [2.45, 2.75) is 45.4 Å². The fourth-order valence-corrected chi connectivity index (χ4v) is 3.15. The van der Waals surface area contributed by atoms with Gasteiger partial charge >= 0.3 is 0 Å². The van der Waals surface area contributed by atoms with Crippen LogP contribution < -0.4 is 9.47 Å². The number of phenols is 1. The molecule has 1 aromatic carbocycles. The van der Waals surface area contributed by atoms with Crippen LogP contribution in [0.3, 0.4) is 0 Å². The molecule has 2 heterocycles. The number of benzene rings is 1. The van der Waals surface area contributed by atoms with E-state index >= 15 is 0 Å². The molecule has 2 aliphatic rings. The second-order valence-corrected chi connectivity index (χ2v) is 6.99. The third kappa shape index (κ3) is 1.50. The summed E-state index contributed by atoms with van der Waals surface area (Å²) >= 11 is 0. The summed E-state index contributed by atoms with van der Waals surface area (Å²) < 4.78 is 11.6. The van der Waals surface area contributed by atoms with Gasteiger partial charge in [0.05, 0.1) is 22.0 Å². The van der Waals surface area contributed by atoms with E-state index in [2.05, 4.69) is 13.2 Å². The van der Waals surface area contributed by atoms with Crippen LogP contribution >= 0.6 is 0 Å². The summed E-state index contributed by atoms with van der Waals surface area (Å²) in [6.07, 6.45) is 0. The lowest BCUT2D eigenvalue weighted by molar-refractivity contribution is 0.101. The van der Waals surface area contributed by atoms with Crippen molar-refractivity contribution in [2.75, 3.05) is 0 Å². The first-order valence-corrected chi connectivity index (χ1v) is 7.20. The molecule has 1 N–H and O–H groups in total. The molecule has 3 rings (SSSR count). The van der Waals surface area contributed by atoms with Crippen LogP contribution in [0.5, 0.6) is 17.2 Å². The Morgan fingerprint density at radius 2 is 1.41 bits per heavy atom. The van der Waals surface area contributed by atoms with Gasteiger partial charge in [-0.1, -0.05) is 13.2 Å². The molecule has 4 nitrogen and oxygen atoms in total. The number of aromatic hydroxyl groups is 1. The van der Waals surface area contributed by atoms with Crippen molar-refractivity contribution in [3.8, 4) is 17.2 Å². The zero-order valence-electron chi connectivity index (χ0n) is 13.6. The Kier molecular flexibility index (Phi) is 2.63. The zero-order chi connectivity index (χ0) is 16.6. The summed E-state index contributed by atoms with van der Waals surface area (Å²) in [5.41, 5.74) is 0.429. The van der Waals surface area contributed by atoms with Crippen LogP contribution in [0.1, 0.15) is 56.1 Å². The molecule has 0 radical (unpaired) electrons. The Morgan fingerprint density at radius 1 is 0.955 bits per heavy atom. The molecule has 0 spiro atoms. The van der Waals surface area contributed by atoms with Crippen LogP contribution in [0.25, 0.3) is 0 Å². The lowest BCUT2D eigenvalue weighted by Crippen LogP contribution is -2.17. The quantitative estimate of drug-likeness (QED) is 0.798. The third-order valence-electron chi connectivity index (χ3n) is 4.83. The number of Topliss-reactive ketones (excluding diaryl/α,β-unsaturated/α-hetero) is 1. The number of ketones is 1. The molecule has 4 heteroatoms. The highest BCUT2D eigenvalue weighted by Gasteiger charge is 2.50. The van der Waals surface area contributed by atoms with Gasteiger partial charge in [-0.2, -0.15) is 0 Å². The van der Waals surface area contributed by atoms with Crippen molar-refractivity contribution < 1.29 is 19.4 Å². The maximum Gasteiger partial charge on any atom is 0.167 e. The van der Waals surface area contributed by atoms with Crippen LogP contribution in [-0.2, 0) is 10.8 Å². The monoisotopic (exact) mass is 300 g/mol. The van der Waals surface area contributed by atoms with Crippen molar-refractivity contribution >= 4 is 5.78 Å². The molecule has 0 aliphatic carbocycles. The number of phenolic OH excluding ortho intramolecular Hbond substituents is 1. The molecule has 0 atom stereocenters. The first-order valence-electron chi connectivity index (χ1n) is 7.20. The van der Waals surface area contributed by atoms with Crippen molar-refractivity contribution in [1.29, 1.82) is 0 Å². The number of hydrogen-bond donors (Lipinski definition) is 1. The smallest absolute Gasteiger partial charge is 0.167 e. The number of carbonyl (C=O) groups excluding carboxylic acids is 1. The first kappa shape index (κ1) is 14.7. The topological polar surface area (TPSA) is 55.8 Å². The van der Waals surface area contributed by atoms with Gasteiger partial charge < -0.3 is 14.6 Å². The predicted octanol–water partition coefficient (Wildman–Crippen LogP) is 3.96. The van der Waals surface area contributed by atoms with Gasteiger partial charge in [0.25, 0.3) is 0 Å². The Hall–Kier alpha value is -2.23. The number of fused-ring (bicyclic) bond motifs is 3. The highest BCUT2D eigenvalue weighted by Crippen LogP contribution is 2.61. The Bertz CT molecular complexity index is 766. The number of ether oxygens (including phenoxy) is 2. The summed E-state index contributed by atoms with van der Waals surface area (Å²) in [4.78, 5) is 12.1. The highest BCUT2D eigenvalue weighted by atomic mass is 16.5. The van der Waals surface area contributed by atoms with Crippen molar-refractivity contribution in [1.82, 2.24) is 0 Å². The van der Waals surface area contributed by atoms with E-state index in [1.54, 1.807) is 0 Å². The van der Waals surface area contributed by atoms with Crippen LogP contribution in [0.15, 0.2) is 24.7 Å². The summed E-state index contributed by atoms with van der Waals surface area (Å²) in [7, 11) is 0.